The molecule has 4 nitrogen and oxygen atoms in total. The summed E-state index contributed by atoms with van der Waals surface area (Å²) in [6.07, 6.45) is 3.48. The number of aliphatic hydroxyl groups excluding tert-OH is 1. The molecular formula is C14H30N2O2. The van der Waals surface area contributed by atoms with Crippen LogP contribution in [-0.2, 0) is 4.74 Å². The van der Waals surface area contributed by atoms with E-state index in [1.54, 1.807) is 7.11 Å². The monoisotopic (exact) mass is 258 g/mol. The molecule has 0 aromatic rings. The minimum atomic E-state index is 0.246. The van der Waals surface area contributed by atoms with Crippen LogP contribution in [0.1, 0.15) is 40.0 Å². The van der Waals surface area contributed by atoms with Crippen molar-refractivity contribution in [3.05, 3.63) is 0 Å². The molecule has 0 aromatic carbocycles. The first-order valence-electron chi connectivity index (χ1n) is 7.12. The van der Waals surface area contributed by atoms with Crippen LogP contribution < -0.4 is 5.32 Å². The van der Waals surface area contributed by atoms with Gasteiger partial charge in [-0.3, -0.25) is 10.2 Å². The van der Waals surface area contributed by atoms with Crippen molar-refractivity contribution in [2.24, 2.45) is 5.41 Å². The molecule has 0 bridgehead atoms. The molecule has 18 heavy (non-hydrogen) atoms. The van der Waals surface area contributed by atoms with E-state index in [1.165, 1.54) is 12.8 Å². The zero-order chi connectivity index (χ0) is 13.6. The van der Waals surface area contributed by atoms with Gasteiger partial charge in [-0.1, -0.05) is 13.8 Å². The number of likely N-dealkylation sites (tertiary alicyclic amines) is 1. The average Bonchev–Trinajstić information content (AvgIpc) is 2.55. The summed E-state index contributed by atoms with van der Waals surface area (Å²) in [5, 5.41) is 12.8. The van der Waals surface area contributed by atoms with E-state index in [-0.39, 0.29) is 12.6 Å². The van der Waals surface area contributed by atoms with E-state index < -0.39 is 0 Å². The molecule has 108 valence electrons. The molecule has 1 aliphatic rings. The lowest BCUT2D eigenvalue weighted by atomic mass is 9.81. The van der Waals surface area contributed by atoms with Crippen molar-refractivity contribution in [2.75, 3.05) is 33.5 Å². The van der Waals surface area contributed by atoms with Crippen LogP contribution in [0.15, 0.2) is 0 Å². The van der Waals surface area contributed by atoms with Gasteiger partial charge < -0.3 is 9.84 Å². The van der Waals surface area contributed by atoms with E-state index in [0.717, 1.165) is 19.5 Å². The van der Waals surface area contributed by atoms with Gasteiger partial charge in [-0.2, -0.15) is 0 Å². The smallest absolute Gasteiger partial charge is 0.0963 e. The van der Waals surface area contributed by atoms with Gasteiger partial charge in [0.1, 0.15) is 0 Å². The van der Waals surface area contributed by atoms with Crippen LogP contribution in [0.25, 0.3) is 0 Å². The Balaban J connectivity index is 2.66. The van der Waals surface area contributed by atoms with Gasteiger partial charge in [-0.25, -0.2) is 0 Å². The van der Waals surface area contributed by atoms with Gasteiger partial charge in [0.15, 0.2) is 0 Å². The summed E-state index contributed by atoms with van der Waals surface area (Å²) in [6, 6.07) is 0.780. The Hall–Kier alpha value is -0.160. The first-order chi connectivity index (χ1) is 8.54. The third kappa shape index (κ3) is 4.50. The van der Waals surface area contributed by atoms with Crippen LogP contribution >= 0.6 is 0 Å². The topological polar surface area (TPSA) is 44.7 Å². The van der Waals surface area contributed by atoms with Crippen molar-refractivity contribution in [1.29, 1.82) is 0 Å². The number of nitrogens with zero attached hydrogens (tertiary/aromatic N) is 1. The summed E-state index contributed by atoms with van der Waals surface area (Å²) in [6.45, 7) is 9.74. The van der Waals surface area contributed by atoms with Gasteiger partial charge in [-0.05, 0) is 31.6 Å². The van der Waals surface area contributed by atoms with Crippen LogP contribution in [0.2, 0.25) is 0 Å². The normalized spacial score (nSPS) is 32.2. The van der Waals surface area contributed by atoms with Crippen molar-refractivity contribution < 1.29 is 9.84 Å². The molecule has 1 rings (SSSR count). The van der Waals surface area contributed by atoms with E-state index in [9.17, 15) is 5.11 Å². The summed E-state index contributed by atoms with van der Waals surface area (Å²) in [5.74, 6) is 0. The molecule has 4 heteroatoms. The summed E-state index contributed by atoms with van der Waals surface area (Å²) in [4.78, 5) is 2.43. The van der Waals surface area contributed by atoms with Gasteiger partial charge in [0.25, 0.3) is 0 Å². The van der Waals surface area contributed by atoms with Crippen molar-refractivity contribution in [3.63, 3.8) is 0 Å². The highest BCUT2D eigenvalue weighted by atomic mass is 16.5. The second-order valence-corrected chi connectivity index (χ2v) is 5.99. The van der Waals surface area contributed by atoms with Crippen LogP contribution in [0.3, 0.4) is 0 Å². The molecule has 0 aromatic heterocycles. The summed E-state index contributed by atoms with van der Waals surface area (Å²) >= 11 is 0. The highest BCUT2D eigenvalue weighted by Gasteiger charge is 2.33. The minimum Gasteiger partial charge on any atom is -0.395 e. The summed E-state index contributed by atoms with van der Waals surface area (Å²) < 4.78 is 5.12. The molecule has 3 unspecified atom stereocenters. The SMILES string of the molecule is CCC1(C)CC(NCOC)CCN(C(C)CO)C1. The second-order valence-electron chi connectivity index (χ2n) is 5.99. The molecule has 1 aliphatic heterocycles. The van der Waals surface area contributed by atoms with Crippen LogP contribution in [-0.4, -0.2) is 55.6 Å². The van der Waals surface area contributed by atoms with Crippen LogP contribution in [0.4, 0.5) is 0 Å². The molecule has 1 fully saturated rings. The number of hydrogen-bond acceptors (Lipinski definition) is 4. The highest BCUT2D eigenvalue weighted by molar-refractivity contribution is 4.88. The lowest BCUT2D eigenvalue weighted by Crippen LogP contribution is -2.41. The molecule has 3 atom stereocenters. The number of hydrogen-bond donors (Lipinski definition) is 2. The maximum Gasteiger partial charge on any atom is 0.0963 e. The Kier molecular flexibility index (Phi) is 6.57. The summed E-state index contributed by atoms with van der Waals surface area (Å²) in [7, 11) is 1.73. The van der Waals surface area contributed by atoms with E-state index in [0.29, 0.717) is 18.2 Å². The van der Waals surface area contributed by atoms with Crippen molar-refractivity contribution in [1.82, 2.24) is 10.2 Å². The second kappa shape index (κ2) is 7.43. The fourth-order valence-corrected chi connectivity index (χ4v) is 2.78. The molecule has 1 heterocycles. The molecule has 0 radical (unpaired) electrons. The van der Waals surface area contributed by atoms with E-state index >= 15 is 0 Å². The van der Waals surface area contributed by atoms with Gasteiger partial charge in [0, 0.05) is 32.3 Å². The number of methoxy groups -OCH3 is 1. The molecule has 0 saturated carbocycles. The van der Waals surface area contributed by atoms with Crippen LogP contribution in [0.5, 0.6) is 0 Å². The third-order valence-electron chi connectivity index (χ3n) is 4.35. The number of aliphatic hydroxyl groups is 1. The Morgan fingerprint density at radius 2 is 2.28 bits per heavy atom. The maximum absolute atomic E-state index is 9.35. The lowest BCUT2D eigenvalue weighted by molar-refractivity contribution is 0.0953. The Labute approximate surface area is 112 Å². The van der Waals surface area contributed by atoms with Gasteiger partial charge in [-0.15, -0.1) is 0 Å². The number of rotatable bonds is 6. The molecule has 1 saturated heterocycles. The largest absolute Gasteiger partial charge is 0.395 e. The lowest BCUT2D eigenvalue weighted by Gasteiger charge is -2.35. The van der Waals surface area contributed by atoms with Crippen molar-refractivity contribution in [2.45, 2.75) is 52.1 Å². The Morgan fingerprint density at radius 1 is 1.56 bits per heavy atom. The fraction of sp³-hybridized carbons (Fsp3) is 1.00. The van der Waals surface area contributed by atoms with E-state index in [2.05, 4.69) is 31.0 Å². The first-order valence-corrected chi connectivity index (χ1v) is 7.12. The van der Waals surface area contributed by atoms with Crippen molar-refractivity contribution >= 4 is 0 Å². The first kappa shape index (κ1) is 15.9. The van der Waals surface area contributed by atoms with Gasteiger partial charge >= 0.3 is 0 Å². The minimum absolute atomic E-state index is 0.246. The van der Waals surface area contributed by atoms with E-state index in [1.807, 2.05) is 0 Å². The van der Waals surface area contributed by atoms with Crippen LogP contribution in [0, 0.1) is 5.41 Å². The van der Waals surface area contributed by atoms with Gasteiger partial charge in [0.2, 0.25) is 0 Å². The molecular weight excluding hydrogens is 228 g/mol. The Morgan fingerprint density at radius 3 is 2.83 bits per heavy atom. The average molecular weight is 258 g/mol. The standard InChI is InChI=1S/C14H30N2O2/c1-5-14(3)8-13(15-11-18-4)6-7-16(10-14)12(2)9-17/h12-13,15,17H,5-11H2,1-4H3. The maximum atomic E-state index is 9.35. The van der Waals surface area contributed by atoms with E-state index in [4.69, 9.17) is 4.74 Å². The number of nitrogens with one attached hydrogen (secondary N) is 1. The quantitative estimate of drug-likeness (QED) is 0.708. The molecule has 0 aliphatic carbocycles. The predicted octanol–water partition coefficient (Wildman–Crippen LogP) is 1.44. The fourth-order valence-electron chi connectivity index (χ4n) is 2.78. The molecule has 2 N–H and O–H groups in total. The third-order valence-corrected chi connectivity index (χ3v) is 4.35. The summed E-state index contributed by atoms with van der Waals surface area (Å²) in [5.41, 5.74) is 0.325. The predicted molar refractivity (Wildman–Crippen MR) is 74.6 cm³/mol. The zero-order valence-electron chi connectivity index (χ0n) is 12.4. The molecule has 0 spiro atoms. The van der Waals surface area contributed by atoms with Crippen molar-refractivity contribution in [3.8, 4) is 0 Å². The zero-order valence-corrected chi connectivity index (χ0v) is 12.4. The molecule has 0 amide bonds. The number of ether oxygens (including phenoxy) is 1. The highest BCUT2D eigenvalue weighted by Crippen LogP contribution is 2.32. The Bertz CT molecular complexity index is 238. The van der Waals surface area contributed by atoms with Gasteiger partial charge in [0.05, 0.1) is 13.3 Å².